The molecule has 3 aromatic carbocycles. The molecule has 4 rings (SSSR count). The van der Waals surface area contributed by atoms with Gasteiger partial charge in [-0.3, -0.25) is 0 Å². The van der Waals surface area contributed by atoms with Crippen molar-refractivity contribution >= 4 is 17.5 Å². The van der Waals surface area contributed by atoms with E-state index in [2.05, 4.69) is 39.7 Å². The van der Waals surface area contributed by atoms with E-state index in [4.69, 9.17) is 4.74 Å². The molecular formula is C24H22N4O. The molecule has 5 heteroatoms. The third-order valence-corrected chi connectivity index (χ3v) is 4.48. The summed E-state index contributed by atoms with van der Waals surface area (Å²) >= 11 is 0. The Labute approximate surface area is 170 Å². The molecule has 0 spiro atoms. The Balaban J connectivity index is 1.48. The number of hydrogen-bond acceptors (Lipinski definition) is 5. The van der Waals surface area contributed by atoms with Gasteiger partial charge in [-0.1, -0.05) is 54.6 Å². The van der Waals surface area contributed by atoms with Gasteiger partial charge in [-0.25, -0.2) is 4.98 Å². The van der Waals surface area contributed by atoms with Crippen molar-refractivity contribution in [3.63, 3.8) is 0 Å². The predicted molar refractivity (Wildman–Crippen MR) is 117 cm³/mol. The number of aromatic nitrogens is 2. The third-order valence-electron chi connectivity index (χ3n) is 4.48. The van der Waals surface area contributed by atoms with Gasteiger partial charge in [0.25, 0.3) is 0 Å². The number of rotatable bonds is 7. The Morgan fingerprint density at radius 3 is 2.45 bits per heavy atom. The van der Waals surface area contributed by atoms with Gasteiger partial charge >= 0.3 is 0 Å². The Morgan fingerprint density at radius 2 is 1.59 bits per heavy atom. The minimum atomic E-state index is 0.504. The van der Waals surface area contributed by atoms with Gasteiger partial charge in [-0.15, -0.1) is 0 Å². The Hall–Kier alpha value is -3.86. The first kappa shape index (κ1) is 18.5. The van der Waals surface area contributed by atoms with Gasteiger partial charge in [0.2, 0.25) is 5.95 Å². The number of ether oxygens (including phenoxy) is 1. The fraction of sp³-hybridized carbons (Fsp3) is 0.0833. The van der Waals surface area contributed by atoms with Crippen molar-refractivity contribution in [2.45, 2.75) is 13.5 Å². The number of nitrogens with one attached hydrogen (secondary N) is 2. The van der Waals surface area contributed by atoms with Crippen LogP contribution in [-0.2, 0) is 6.54 Å². The lowest BCUT2D eigenvalue weighted by molar-refractivity contribution is 0.485. The van der Waals surface area contributed by atoms with Crippen LogP contribution >= 0.6 is 0 Å². The highest BCUT2D eigenvalue weighted by molar-refractivity contribution is 5.63. The maximum atomic E-state index is 6.00. The molecule has 0 bridgehead atoms. The number of anilines is 3. The second-order valence-corrected chi connectivity index (χ2v) is 6.58. The lowest BCUT2D eigenvalue weighted by Crippen LogP contribution is -2.05. The van der Waals surface area contributed by atoms with Crippen molar-refractivity contribution in [2.75, 3.05) is 10.6 Å². The first-order valence-electron chi connectivity index (χ1n) is 9.48. The van der Waals surface area contributed by atoms with Crippen LogP contribution in [0, 0.1) is 6.92 Å². The molecule has 4 aromatic rings. The molecule has 0 radical (unpaired) electrons. The summed E-state index contributed by atoms with van der Waals surface area (Å²) < 4.78 is 6.00. The average molecular weight is 382 g/mol. The van der Waals surface area contributed by atoms with Crippen molar-refractivity contribution in [3.05, 3.63) is 102 Å². The zero-order valence-corrected chi connectivity index (χ0v) is 16.2. The Kier molecular flexibility index (Phi) is 5.67. The van der Waals surface area contributed by atoms with Crippen LogP contribution < -0.4 is 15.4 Å². The molecule has 0 unspecified atom stereocenters. The first-order chi connectivity index (χ1) is 14.3. The molecule has 0 saturated carbocycles. The summed E-state index contributed by atoms with van der Waals surface area (Å²) in [5.74, 6) is 2.74. The van der Waals surface area contributed by atoms with Crippen molar-refractivity contribution in [2.24, 2.45) is 0 Å². The normalized spacial score (nSPS) is 10.4. The Morgan fingerprint density at radius 1 is 0.828 bits per heavy atom. The average Bonchev–Trinajstić information content (AvgIpc) is 2.76. The number of benzene rings is 3. The summed E-state index contributed by atoms with van der Waals surface area (Å²) in [6, 6.07) is 27.6. The molecule has 0 atom stereocenters. The summed E-state index contributed by atoms with van der Waals surface area (Å²) in [5.41, 5.74) is 3.29. The van der Waals surface area contributed by atoms with Crippen molar-refractivity contribution in [1.29, 1.82) is 0 Å². The number of para-hydroxylation sites is 3. The van der Waals surface area contributed by atoms with E-state index in [-0.39, 0.29) is 0 Å². The monoisotopic (exact) mass is 382 g/mol. The fourth-order valence-corrected chi connectivity index (χ4v) is 2.91. The molecule has 144 valence electrons. The minimum absolute atomic E-state index is 0.504. The summed E-state index contributed by atoms with van der Waals surface area (Å²) in [6.45, 7) is 2.81. The van der Waals surface area contributed by atoms with Gasteiger partial charge in [0, 0.05) is 12.7 Å². The molecule has 2 N–H and O–H groups in total. The third kappa shape index (κ3) is 4.90. The smallest absolute Gasteiger partial charge is 0.229 e. The summed E-state index contributed by atoms with van der Waals surface area (Å²) in [5, 5.41) is 6.62. The second-order valence-electron chi connectivity index (χ2n) is 6.58. The zero-order chi connectivity index (χ0) is 19.9. The molecule has 0 aliphatic carbocycles. The van der Waals surface area contributed by atoms with Crippen LogP contribution in [0.5, 0.6) is 11.5 Å². The van der Waals surface area contributed by atoms with Gasteiger partial charge in [0.15, 0.2) is 5.75 Å². The maximum Gasteiger partial charge on any atom is 0.229 e. The van der Waals surface area contributed by atoms with E-state index in [0.29, 0.717) is 18.2 Å². The molecule has 0 aliphatic rings. The molecular weight excluding hydrogens is 360 g/mol. The van der Waals surface area contributed by atoms with Gasteiger partial charge in [0.05, 0.1) is 5.69 Å². The van der Waals surface area contributed by atoms with E-state index in [9.17, 15) is 0 Å². The highest BCUT2D eigenvalue weighted by Gasteiger charge is 2.07. The fourth-order valence-electron chi connectivity index (χ4n) is 2.91. The number of nitrogens with zero attached hydrogens (tertiary/aromatic N) is 2. The topological polar surface area (TPSA) is 59.1 Å². The van der Waals surface area contributed by atoms with Crippen molar-refractivity contribution in [1.82, 2.24) is 9.97 Å². The lowest BCUT2D eigenvalue weighted by atomic mass is 10.1. The highest BCUT2D eigenvalue weighted by Crippen LogP contribution is 2.30. The number of hydrogen-bond donors (Lipinski definition) is 2. The molecule has 5 nitrogen and oxygen atoms in total. The molecule has 0 fully saturated rings. The van der Waals surface area contributed by atoms with Crippen molar-refractivity contribution < 1.29 is 4.74 Å². The van der Waals surface area contributed by atoms with Gasteiger partial charge in [0.1, 0.15) is 11.6 Å². The molecule has 0 aliphatic heterocycles. The maximum absolute atomic E-state index is 6.00. The standard InChI is InChI=1S/C24H22N4O/c1-18-9-5-6-10-19(18)17-26-23-15-16-25-24(28-23)27-21-13-7-8-14-22(21)29-20-11-3-2-4-12-20/h2-16H,17H2,1H3,(H2,25,26,27,28). The molecule has 0 saturated heterocycles. The van der Waals surface area contributed by atoms with Crippen LogP contribution in [0.1, 0.15) is 11.1 Å². The molecule has 1 aromatic heterocycles. The SMILES string of the molecule is Cc1ccccc1CNc1ccnc(Nc2ccccc2Oc2ccccc2)n1. The number of aryl methyl sites for hydroxylation is 1. The van der Waals surface area contributed by atoms with Crippen LogP contribution in [0.2, 0.25) is 0 Å². The van der Waals surface area contributed by atoms with Crippen LogP contribution in [0.3, 0.4) is 0 Å². The van der Waals surface area contributed by atoms with E-state index < -0.39 is 0 Å². The van der Waals surface area contributed by atoms with Crippen LogP contribution in [0.15, 0.2) is 91.1 Å². The summed E-state index contributed by atoms with van der Waals surface area (Å²) in [6.07, 6.45) is 1.73. The second kappa shape index (κ2) is 8.89. The molecule has 29 heavy (non-hydrogen) atoms. The summed E-state index contributed by atoms with van der Waals surface area (Å²) in [4.78, 5) is 8.91. The van der Waals surface area contributed by atoms with E-state index >= 15 is 0 Å². The molecule has 1 heterocycles. The predicted octanol–water partition coefficient (Wildman–Crippen LogP) is 5.93. The van der Waals surface area contributed by atoms with Gasteiger partial charge in [-0.2, -0.15) is 4.98 Å². The lowest BCUT2D eigenvalue weighted by Gasteiger charge is -2.13. The van der Waals surface area contributed by atoms with Gasteiger partial charge < -0.3 is 15.4 Å². The quantitative estimate of drug-likeness (QED) is 0.415. The first-order valence-corrected chi connectivity index (χ1v) is 9.48. The van der Waals surface area contributed by atoms with Gasteiger partial charge in [-0.05, 0) is 48.4 Å². The van der Waals surface area contributed by atoms with E-state index in [1.165, 1.54) is 11.1 Å². The van der Waals surface area contributed by atoms with Crippen LogP contribution in [0.25, 0.3) is 0 Å². The molecule has 0 amide bonds. The zero-order valence-electron chi connectivity index (χ0n) is 16.2. The summed E-state index contributed by atoms with van der Waals surface area (Å²) in [7, 11) is 0. The van der Waals surface area contributed by atoms with E-state index in [1.54, 1.807) is 6.20 Å². The largest absolute Gasteiger partial charge is 0.455 e. The van der Waals surface area contributed by atoms with E-state index in [0.717, 1.165) is 17.3 Å². The highest BCUT2D eigenvalue weighted by atomic mass is 16.5. The van der Waals surface area contributed by atoms with E-state index in [1.807, 2.05) is 72.8 Å². The van der Waals surface area contributed by atoms with Crippen LogP contribution in [0.4, 0.5) is 17.5 Å². The Bertz CT molecular complexity index is 1080. The van der Waals surface area contributed by atoms with Crippen LogP contribution in [-0.4, -0.2) is 9.97 Å². The minimum Gasteiger partial charge on any atom is -0.455 e. The van der Waals surface area contributed by atoms with Crippen molar-refractivity contribution in [3.8, 4) is 11.5 Å².